The average Bonchev–Trinajstić information content (AvgIpc) is 3.37. The molecule has 4 heteroatoms. The minimum Gasteiger partial charge on any atom is -0.494 e. The van der Waals surface area contributed by atoms with Crippen molar-refractivity contribution in [3.63, 3.8) is 0 Å². The summed E-state index contributed by atoms with van der Waals surface area (Å²) in [5.74, 6) is 2.61. The molecule has 2 fully saturated rings. The molecule has 1 saturated heterocycles. The molecule has 2 heterocycles. The molecular weight excluding hydrogens is 370 g/mol. The van der Waals surface area contributed by atoms with E-state index in [-0.39, 0.29) is 0 Å². The monoisotopic (exact) mass is 399 g/mol. The Kier molecular flexibility index (Phi) is 5.76. The van der Waals surface area contributed by atoms with E-state index in [1.807, 2.05) is 18.2 Å². The topological polar surface area (TPSA) is 38.2 Å². The Morgan fingerprint density at radius 2 is 1.83 bits per heavy atom. The van der Waals surface area contributed by atoms with Crippen LogP contribution in [0.25, 0.3) is 11.3 Å². The van der Waals surface area contributed by atoms with E-state index in [4.69, 9.17) is 4.74 Å². The van der Waals surface area contributed by atoms with Crippen LogP contribution in [0.3, 0.4) is 0 Å². The molecule has 0 N–H and O–H groups in total. The minimum atomic E-state index is 0.766. The number of aromatic nitrogens is 2. The summed E-state index contributed by atoms with van der Waals surface area (Å²) in [6.45, 7) is 3.16. The number of benzene rings is 2. The zero-order valence-corrected chi connectivity index (χ0v) is 17.4. The number of rotatable bonds is 7. The van der Waals surface area contributed by atoms with Crippen molar-refractivity contribution in [3.8, 4) is 17.0 Å². The fourth-order valence-electron chi connectivity index (χ4n) is 5.25. The zero-order valence-electron chi connectivity index (χ0n) is 17.4. The summed E-state index contributed by atoms with van der Waals surface area (Å²) in [5, 5.41) is 0. The zero-order chi connectivity index (χ0) is 20.2. The second kappa shape index (κ2) is 8.97. The standard InChI is InChI=1S/C26H29N3O/c1-2-4-20(5-3-1)18-29-14-11-23-16-21(17-26(23)29)12-15-30-24-8-6-22(7-9-24)25-10-13-27-19-28-25/h1-10,13,19,21,23,26H,11-12,14-18H2. The number of hydrogen-bond acceptors (Lipinski definition) is 4. The van der Waals surface area contributed by atoms with Gasteiger partial charge in [0.2, 0.25) is 0 Å². The maximum atomic E-state index is 6.06. The summed E-state index contributed by atoms with van der Waals surface area (Å²) >= 11 is 0. The Balaban J connectivity index is 1.10. The van der Waals surface area contributed by atoms with Crippen molar-refractivity contribution in [2.45, 2.75) is 38.3 Å². The molecule has 30 heavy (non-hydrogen) atoms. The van der Waals surface area contributed by atoms with Gasteiger partial charge < -0.3 is 4.74 Å². The van der Waals surface area contributed by atoms with E-state index in [0.717, 1.165) is 54.5 Å². The third-order valence-electron chi connectivity index (χ3n) is 6.77. The summed E-state index contributed by atoms with van der Waals surface area (Å²) in [4.78, 5) is 11.0. The highest BCUT2D eigenvalue weighted by atomic mass is 16.5. The Morgan fingerprint density at radius 3 is 2.63 bits per heavy atom. The largest absolute Gasteiger partial charge is 0.494 e. The van der Waals surface area contributed by atoms with Crippen LogP contribution in [0, 0.1) is 11.8 Å². The Morgan fingerprint density at radius 1 is 0.967 bits per heavy atom. The summed E-state index contributed by atoms with van der Waals surface area (Å²) in [6, 6.07) is 21.8. The molecule has 0 spiro atoms. The third kappa shape index (κ3) is 4.39. The molecule has 4 nitrogen and oxygen atoms in total. The first kappa shape index (κ1) is 19.3. The summed E-state index contributed by atoms with van der Waals surface area (Å²) in [7, 11) is 0. The lowest BCUT2D eigenvalue weighted by molar-refractivity contribution is 0.219. The molecule has 0 amide bonds. The van der Waals surface area contributed by atoms with Crippen LogP contribution in [-0.4, -0.2) is 34.1 Å². The van der Waals surface area contributed by atoms with E-state index in [1.165, 1.54) is 31.4 Å². The smallest absolute Gasteiger partial charge is 0.119 e. The lowest BCUT2D eigenvalue weighted by Gasteiger charge is -2.24. The lowest BCUT2D eigenvalue weighted by atomic mass is 10.0. The molecule has 154 valence electrons. The molecule has 2 aromatic carbocycles. The molecule has 2 aliphatic rings. The normalized spacial score (nSPS) is 23.4. The first-order valence-corrected chi connectivity index (χ1v) is 11.1. The van der Waals surface area contributed by atoms with Gasteiger partial charge in [-0.05, 0) is 80.0 Å². The van der Waals surface area contributed by atoms with Gasteiger partial charge in [0.1, 0.15) is 12.1 Å². The van der Waals surface area contributed by atoms with Crippen molar-refractivity contribution in [3.05, 3.63) is 78.8 Å². The molecule has 1 aromatic heterocycles. The fraction of sp³-hybridized carbons (Fsp3) is 0.385. The van der Waals surface area contributed by atoms with Crippen molar-refractivity contribution in [2.24, 2.45) is 11.8 Å². The van der Waals surface area contributed by atoms with Gasteiger partial charge in [0.25, 0.3) is 0 Å². The van der Waals surface area contributed by atoms with Crippen LogP contribution in [0.2, 0.25) is 0 Å². The molecule has 3 unspecified atom stereocenters. The second-order valence-electron chi connectivity index (χ2n) is 8.67. The van der Waals surface area contributed by atoms with Crippen LogP contribution in [0.1, 0.15) is 31.2 Å². The van der Waals surface area contributed by atoms with Gasteiger partial charge in [-0.25, -0.2) is 9.97 Å². The first-order chi connectivity index (χ1) is 14.8. The fourth-order valence-corrected chi connectivity index (χ4v) is 5.25. The van der Waals surface area contributed by atoms with E-state index >= 15 is 0 Å². The van der Waals surface area contributed by atoms with Crippen molar-refractivity contribution in [1.82, 2.24) is 14.9 Å². The minimum absolute atomic E-state index is 0.766. The maximum Gasteiger partial charge on any atom is 0.119 e. The Bertz CT molecular complexity index is 930. The quantitative estimate of drug-likeness (QED) is 0.546. The van der Waals surface area contributed by atoms with Gasteiger partial charge in [0.15, 0.2) is 0 Å². The highest BCUT2D eigenvalue weighted by Gasteiger charge is 2.41. The Labute approximate surface area is 178 Å². The number of nitrogens with zero attached hydrogens (tertiary/aromatic N) is 3. The van der Waals surface area contributed by atoms with Gasteiger partial charge in [0.05, 0.1) is 12.3 Å². The van der Waals surface area contributed by atoms with Crippen molar-refractivity contribution in [1.29, 1.82) is 0 Å². The maximum absolute atomic E-state index is 6.06. The van der Waals surface area contributed by atoms with Crippen molar-refractivity contribution in [2.75, 3.05) is 13.2 Å². The molecule has 1 aliphatic carbocycles. The first-order valence-electron chi connectivity index (χ1n) is 11.1. The van der Waals surface area contributed by atoms with E-state index in [9.17, 15) is 0 Å². The predicted molar refractivity (Wildman–Crippen MR) is 119 cm³/mol. The second-order valence-corrected chi connectivity index (χ2v) is 8.67. The van der Waals surface area contributed by atoms with Gasteiger partial charge in [-0.2, -0.15) is 0 Å². The number of likely N-dealkylation sites (tertiary alicyclic amines) is 1. The third-order valence-corrected chi connectivity index (χ3v) is 6.77. The number of hydrogen-bond donors (Lipinski definition) is 0. The van der Waals surface area contributed by atoms with Crippen LogP contribution in [0.4, 0.5) is 0 Å². The average molecular weight is 400 g/mol. The molecule has 0 bridgehead atoms. The molecular formula is C26H29N3O. The predicted octanol–water partition coefficient (Wildman–Crippen LogP) is 5.21. The van der Waals surface area contributed by atoms with Gasteiger partial charge in [-0.3, -0.25) is 4.90 Å². The van der Waals surface area contributed by atoms with Crippen LogP contribution >= 0.6 is 0 Å². The van der Waals surface area contributed by atoms with Crippen LogP contribution in [0.15, 0.2) is 73.2 Å². The molecule has 3 aromatic rings. The van der Waals surface area contributed by atoms with Gasteiger partial charge >= 0.3 is 0 Å². The number of fused-ring (bicyclic) bond motifs is 1. The van der Waals surface area contributed by atoms with E-state index in [2.05, 4.69) is 57.3 Å². The van der Waals surface area contributed by atoms with Gasteiger partial charge in [-0.15, -0.1) is 0 Å². The van der Waals surface area contributed by atoms with Crippen LogP contribution in [0.5, 0.6) is 5.75 Å². The molecule has 1 aliphatic heterocycles. The van der Waals surface area contributed by atoms with Crippen LogP contribution < -0.4 is 4.74 Å². The molecule has 1 saturated carbocycles. The lowest BCUT2D eigenvalue weighted by Crippen LogP contribution is -2.29. The van der Waals surface area contributed by atoms with E-state index in [0.29, 0.717) is 0 Å². The molecule has 3 atom stereocenters. The summed E-state index contributed by atoms with van der Waals surface area (Å²) < 4.78 is 6.06. The Hall–Kier alpha value is -2.72. The summed E-state index contributed by atoms with van der Waals surface area (Å²) in [6.07, 6.45) is 8.56. The highest BCUT2D eigenvalue weighted by Crippen LogP contribution is 2.43. The molecule has 5 rings (SSSR count). The van der Waals surface area contributed by atoms with E-state index in [1.54, 1.807) is 12.5 Å². The number of ether oxygens (including phenoxy) is 1. The summed E-state index contributed by atoms with van der Waals surface area (Å²) in [5.41, 5.74) is 3.47. The van der Waals surface area contributed by atoms with Crippen LogP contribution in [-0.2, 0) is 6.54 Å². The van der Waals surface area contributed by atoms with Gasteiger partial charge in [0, 0.05) is 24.3 Å². The highest BCUT2D eigenvalue weighted by molar-refractivity contribution is 5.59. The van der Waals surface area contributed by atoms with Gasteiger partial charge in [-0.1, -0.05) is 30.3 Å². The van der Waals surface area contributed by atoms with Crippen molar-refractivity contribution >= 4 is 0 Å². The SMILES string of the molecule is c1ccc(CN2CCC3CC(CCOc4ccc(-c5ccncn5)cc4)CC32)cc1. The van der Waals surface area contributed by atoms with E-state index < -0.39 is 0 Å². The molecule has 0 radical (unpaired) electrons. The van der Waals surface area contributed by atoms with Crippen molar-refractivity contribution < 1.29 is 4.74 Å².